The number of ether oxygens (including phenoxy) is 1. The van der Waals surface area contributed by atoms with Crippen molar-refractivity contribution in [3.8, 4) is 0 Å². The van der Waals surface area contributed by atoms with Crippen molar-refractivity contribution < 1.29 is 9.53 Å². The third-order valence-corrected chi connectivity index (χ3v) is 3.77. The number of hydrogen-bond acceptors (Lipinski definition) is 3. The van der Waals surface area contributed by atoms with Gasteiger partial charge >= 0.3 is 6.03 Å². The normalized spacial score (nSPS) is 15.8. The fourth-order valence-electron chi connectivity index (χ4n) is 2.56. The van der Waals surface area contributed by atoms with Crippen molar-refractivity contribution in [1.82, 2.24) is 10.3 Å². The molecule has 0 unspecified atom stereocenters. The zero-order valence-electron chi connectivity index (χ0n) is 11.8. The molecule has 1 aromatic carbocycles. The molecule has 1 aliphatic rings. The molecule has 0 aliphatic carbocycles. The molecule has 2 N–H and O–H groups in total. The van der Waals surface area contributed by atoms with E-state index in [1.54, 1.807) is 6.20 Å². The SMILES string of the molecule is O=C(NCC1CCOCC1)Nc1cccc2cccnc12. The number of anilines is 1. The van der Waals surface area contributed by atoms with E-state index in [1.165, 1.54) is 0 Å². The van der Waals surface area contributed by atoms with Crippen molar-refractivity contribution in [2.75, 3.05) is 25.1 Å². The molecule has 21 heavy (non-hydrogen) atoms. The van der Waals surface area contributed by atoms with Crippen LogP contribution >= 0.6 is 0 Å². The molecule has 110 valence electrons. The van der Waals surface area contributed by atoms with Gasteiger partial charge in [0.05, 0.1) is 11.2 Å². The minimum Gasteiger partial charge on any atom is -0.381 e. The van der Waals surface area contributed by atoms with Gasteiger partial charge in [0.1, 0.15) is 0 Å². The number of rotatable bonds is 3. The molecule has 5 heteroatoms. The molecule has 0 saturated carbocycles. The van der Waals surface area contributed by atoms with Gasteiger partial charge in [0.25, 0.3) is 0 Å². The van der Waals surface area contributed by atoms with Crippen LogP contribution in [0.3, 0.4) is 0 Å². The molecular weight excluding hydrogens is 266 g/mol. The molecule has 0 radical (unpaired) electrons. The van der Waals surface area contributed by atoms with Crippen molar-refractivity contribution >= 4 is 22.6 Å². The quantitative estimate of drug-likeness (QED) is 0.911. The zero-order chi connectivity index (χ0) is 14.5. The third kappa shape index (κ3) is 3.49. The molecule has 1 aromatic heterocycles. The first kappa shape index (κ1) is 13.8. The summed E-state index contributed by atoms with van der Waals surface area (Å²) >= 11 is 0. The molecular formula is C16H19N3O2. The smallest absolute Gasteiger partial charge is 0.319 e. The Hall–Kier alpha value is -2.14. The number of fused-ring (bicyclic) bond motifs is 1. The molecule has 2 aromatic rings. The van der Waals surface area contributed by atoms with E-state index in [2.05, 4.69) is 15.6 Å². The van der Waals surface area contributed by atoms with E-state index in [1.807, 2.05) is 30.3 Å². The van der Waals surface area contributed by atoms with Crippen LogP contribution in [0.2, 0.25) is 0 Å². The number of urea groups is 1. The van der Waals surface area contributed by atoms with Crippen molar-refractivity contribution in [2.24, 2.45) is 5.92 Å². The molecule has 3 rings (SSSR count). The lowest BCUT2D eigenvalue weighted by Gasteiger charge is -2.22. The fraction of sp³-hybridized carbons (Fsp3) is 0.375. The van der Waals surface area contributed by atoms with Crippen molar-refractivity contribution in [3.63, 3.8) is 0 Å². The highest BCUT2D eigenvalue weighted by atomic mass is 16.5. The average molecular weight is 285 g/mol. The van der Waals surface area contributed by atoms with Gasteiger partial charge in [-0.15, -0.1) is 0 Å². The monoisotopic (exact) mass is 285 g/mol. The van der Waals surface area contributed by atoms with Crippen LogP contribution in [0.1, 0.15) is 12.8 Å². The molecule has 5 nitrogen and oxygen atoms in total. The highest BCUT2D eigenvalue weighted by molar-refractivity contribution is 5.99. The largest absolute Gasteiger partial charge is 0.381 e. The lowest BCUT2D eigenvalue weighted by Crippen LogP contribution is -2.35. The van der Waals surface area contributed by atoms with Crippen molar-refractivity contribution in [1.29, 1.82) is 0 Å². The van der Waals surface area contributed by atoms with Crippen LogP contribution < -0.4 is 10.6 Å². The lowest BCUT2D eigenvalue weighted by atomic mass is 10.0. The predicted octanol–water partition coefficient (Wildman–Crippen LogP) is 2.78. The topological polar surface area (TPSA) is 63.2 Å². The van der Waals surface area contributed by atoms with Crippen molar-refractivity contribution in [2.45, 2.75) is 12.8 Å². The van der Waals surface area contributed by atoms with E-state index < -0.39 is 0 Å². The van der Waals surface area contributed by atoms with E-state index in [9.17, 15) is 4.79 Å². The summed E-state index contributed by atoms with van der Waals surface area (Å²) in [4.78, 5) is 16.3. The summed E-state index contributed by atoms with van der Waals surface area (Å²) < 4.78 is 5.31. The Bertz CT molecular complexity index is 618. The summed E-state index contributed by atoms with van der Waals surface area (Å²) in [7, 11) is 0. The Morgan fingerprint density at radius 3 is 2.90 bits per heavy atom. The van der Waals surface area contributed by atoms with Crippen LogP contribution in [0, 0.1) is 5.92 Å². The number of para-hydroxylation sites is 1. The summed E-state index contributed by atoms with van der Waals surface area (Å²) in [6, 6.07) is 9.44. The molecule has 0 bridgehead atoms. The Morgan fingerprint density at radius 1 is 1.24 bits per heavy atom. The Kier molecular flexibility index (Phi) is 4.31. The summed E-state index contributed by atoms with van der Waals surface area (Å²) in [5, 5.41) is 6.83. The molecule has 2 amide bonds. The van der Waals surface area contributed by atoms with Gasteiger partial charge in [0, 0.05) is 31.3 Å². The van der Waals surface area contributed by atoms with Gasteiger partial charge in [-0.05, 0) is 30.9 Å². The van der Waals surface area contributed by atoms with Crippen LogP contribution in [0.5, 0.6) is 0 Å². The van der Waals surface area contributed by atoms with Crippen LogP contribution in [0.25, 0.3) is 10.9 Å². The van der Waals surface area contributed by atoms with Gasteiger partial charge in [0.15, 0.2) is 0 Å². The summed E-state index contributed by atoms with van der Waals surface area (Å²) in [5.74, 6) is 0.509. The minimum absolute atomic E-state index is 0.181. The highest BCUT2D eigenvalue weighted by Crippen LogP contribution is 2.20. The van der Waals surface area contributed by atoms with E-state index in [0.29, 0.717) is 12.5 Å². The van der Waals surface area contributed by atoms with Crippen molar-refractivity contribution in [3.05, 3.63) is 36.5 Å². The lowest BCUT2D eigenvalue weighted by molar-refractivity contribution is 0.0671. The molecule has 2 heterocycles. The van der Waals surface area contributed by atoms with Crippen LogP contribution in [0.15, 0.2) is 36.5 Å². The highest BCUT2D eigenvalue weighted by Gasteiger charge is 2.14. The number of carbonyl (C=O) groups is 1. The number of benzene rings is 1. The summed E-state index contributed by atoms with van der Waals surface area (Å²) in [5.41, 5.74) is 1.54. The predicted molar refractivity (Wildman–Crippen MR) is 82.3 cm³/mol. The molecule has 0 spiro atoms. The number of amides is 2. The first-order valence-electron chi connectivity index (χ1n) is 7.29. The van der Waals surface area contributed by atoms with E-state index >= 15 is 0 Å². The van der Waals surface area contributed by atoms with E-state index in [4.69, 9.17) is 4.74 Å². The Morgan fingerprint density at radius 2 is 2.05 bits per heavy atom. The third-order valence-electron chi connectivity index (χ3n) is 3.77. The standard InChI is InChI=1S/C16H19N3O2/c20-16(18-11-12-6-9-21-10-7-12)19-14-5-1-3-13-4-2-8-17-15(13)14/h1-5,8,12H,6-7,9-11H2,(H2,18,19,20). The summed E-state index contributed by atoms with van der Waals surface area (Å²) in [6.45, 7) is 2.27. The van der Waals surface area contributed by atoms with Gasteiger partial charge in [-0.2, -0.15) is 0 Å². The number of nitrogens with zero attached hydrogens (tertiary/aromatic N) is 1. The van der Waals surface area contributed by atoms with Gasteiger partial charge in [-0.1, -0.05) is 18.2 Å². The fourth-order valence-corrected chi connectivity index (χ4v) is 2.56. The number of carbonyl (C=O) groups excluding carboxylic acids is 1. The van der Waals surface area contributed by atoms with Gasteiger partial charge < -0.3 is 15.4 Å². The molecule has 1 aliphatic heterocycles. The van der Waals surface area contributed by atoms with Gasteiger partial charge in [-0.25, -0.2) is 4.79 Å². The van der Waals surface area contributed by atoms with Crippen LogP contribution in [0.4, 0.5) is 10.5 Å². The van der Waals surface area contributed by atoms with Gasteiger partial charge in [0.2, 0.25) is 0 Å². The second kappa shape index (κ2) is 6.54. The Balaban J connectivity index is 1.61. The minimum atomic E-state index is -0.181. The van der Waals surface area contributed by atoms with Crippen LogP contribution in [-0.2, 0) is 4.74 Å². The second-order valence-electron chi connectivity index (χ2n) is 5.27. The van der Waals surface area contributed by atoms with E-state index in [0.717, 1.165) is 42.6 Å². The van der Waals surface area contributed by atoms with Gasteiger partial charge in [-0.3, -0.25) is 4.98 Å². The first-order chi connectivity index (χ1) is 10.3. The summed E-state index contributed by atoms with van der Waals surface area (Å²) in [6.07, 6.45) is 3.75. The maximum atomic E-state index is 12.0. The number of pyridine rings is 1. The molecule has 1 fully saturated rings. The average Bonchev–Trinajstić information content (AvgIpc) is 2.54. The maximum absolute atomic E-state index is 12.0. The number of aromatic nitrogens is 1. The molecule has 0 atom stereocenters. The molecule has 1 saturated heterocycles. The first-order valence-corrected chi connectivity index (χ1v) is 7.29. The zero-order valence-corrected chi connectivity index (χ0v) is 11.8. The number of hydrogen-bond donors (Lipinski definition) is 2. The second-order valence-corrected chi connectivity index (χ2v) is 5.27. The van der Waals surface area contributed by atoms with Crippen LogP contribution in [-0.4, -0.2) is 30.8 Å². The maximum Gasteiger partial charge on any atom is 0.319 e. The number of nitrogens with one attached hydrogen (secondary N) is 2. The Labute approximate surface area is 123 Å². The van der Waals surface area contributed by atoms with E-state index in [-0.39, 0.29) is 6.03 Å².